The summed E-state index contributed by atoms with van der Waals surface area (Å²) in [6.07, 6.45) is 0. The lowest BCUT2D eigenvalue weighted by Gasteiger charge is -2.09. The minimum absolute atomic E-state index is 0.119. The molecular formula is C20H13ClO4. The first-order valence-electron chi connectivity index (χ1n) is 7.47. The zero-order chi connectivity index (χ0) is 17.6. The zero-order valence-electron chi connectivity index (χ0n) is 13.0. The van der Waals surface area contributed by atoms with E-state index < -0.39 is 11.9 Å². The van der Waals surface area contributed by atoms with E-state index in [4.69, 9.17) is 21.1 Å². The first-order chi connectivity index (χ1) is 12.1. The molecule has 124 valence electrons. The third-order valence-corrected chi connectivity index (χ3v) is 3.65. The Kier molecular flexibility index (Phi) is 5.11. The third kappa shape index (κ3) is 4.25. The van der Waals surface area contributed by atoms with Crippen molar-refractivity contribution in [1.29, 1.82) is 0 Å². The van der Waals surface area contributed by atoms with Crippen LogP contribution in [0.5, 0.6) is 11.5 Å². The zero-order valence-corrected chi connectivity index (χ0v) is 13.8. The summed E-state index contributed by atoms with van der Waals surface area (Å²) in [6.45, 7) is 0. The molecule has 0 N–H and O–H groups in total. The van der Waals surface area contributed by atoms with Gasteiger partial charge in [0.05, 0.1) is 16.1 Å². The largest absolute Gasteiger partial charge is 0.423 e. The lowest BCUT2D eigenvalue weighted by atomic mass is 10.2. The van der Waals surface area contributed by atoms with Crippen LogP contribution in [0.4, 0.5) is 0 Å². The highest BCUT2D eigenvalue weighted by atomic mass is 35.5. The molecule has 0 aliphatic heterocycles. The molecule has 0 spiro atoms. The Morgan fingerprint density at radius 3 is 1.76 bits per heavy atom. The summed E-state index contributed by atoms with van der Waals surface area (Å²) in [5.74, 6) is -0.708. The summed E-state index contributed by atoms with van der Waals surface area (Å²) in [7, 11) is 0. The molecule has 0 aromatic heterocycles. The average molecular weight is 353 g/mol. The molecule has 0 radical (unpaired) electrons. The van der Waals surface area contributed by atoms with Gasteiger partial charge in [-0.3, -0.25) is 0 Å². The van der Waals surface area contributed by atoms with Crippen LogP contribution in [0, 0.1) is 0 Å². The Bertz CT molecular complexity index is 892. The van der Waals surface area contributed by atoms with E-state index >= 15 is 0 Å². The fraction of sp³-hybridized carbons (Fsp3) is 0. The fourth-order valence-electron chi connectivity index (χ4n) is 2.10. The van der Waals surface area contributed by atoms with Gasteiger partial charge in [0.1, 0.15) is 5.75 Å². The van der Waals surface area contributed by atoms with Gasteiger partial charge < -0.3 is 9.47 Å². The second-order valence-corrected chi connectivity index (χ2v) is 5.51. The second kappa shape index (κ2) is 7.64. The van der Waals surface area contributed by atoms with Crippen molar-refractivity contribution in [2.75, 3.05) is 0 Å². The molecule has 3 aromatic rings. The van der Waals surface area contributed by atoms with E-state index in [9.17, 15) is 9.59 Å². The Morgan fingerprint density at radius 2 is 1.20 bits per heavy atom. The first kappa shape index (κ1) is 16.7. The van der Waals surface area contributed by atoms with Crippen LogP contribution in [0.15, 0.2) is 78.9 Å². The molecule has 25 heavy (non-hydrogen) atoms. The fourth-order valence-corrected chi connectivity index (χ4v) is 2.25. The smallest absolute Gasteiger partial charge is 0.343 e. The molecule has 0 fully saturated rings. The van der Waals surface area contributed by atoms with Gasteiger partial charge in [-0.25, -0.2) is 9.59 Å². The number of ether oxygens (including phenoxy) is 2. The summed E-state index contributed by atoms with van der Waals surface area (Å²) in [5.41, 5.74) is 0.811. The maximum atomic E-state index is 12.1. The molecule has 0 bridgehead atoms. The highest BCUT2D eigenvalue weighted by molar-refractivity contribution is 6.32. The molecule has 3 aromatic carbocycles. The Morgan fingerprint density at radius 1 is 0.680 bits per heavy atom. The van der Waals surface area contributed by atoms with E-state index in [2.05, 4.69) is 0 Å². The third-order valence-electron chi connectivity index (χ3n) is 3.33. The van der Waals surface area contributed by atoms with Gasteiger partial charge in [0.25, 0.3) is 0 Å². The van der Waals surface area contributed by atoms with Gasteiger partial charge in [-0.15, -0.1) is 0 Å². The molecular weight excluding hydrogens is 340 g/mol. The summed E-state index contributed by atoms with van der Waals surface area (Å²) < 4.78 is 10.6. The van der Waals surface area contributed by atoms with Crippen LogP contribution in [-0.2, 0) is 0 Å². The van der Waals surface area contributed by atoms with Gasteiger partial charge >= 0.3 is 11.9 Å². The van der Waals surface area contributed by atoms with E-state index in [-0.39, 0.29) is 16.5 Å². The maximum absolute atomic E-state index is 12.1. The topological polar surface area (TPSA) is 52.6 Å². The van der Waals surface area contributed by atoms with Crippen LogP contribution in [0.3, 0.4) is 0 Å². The molecule has 0 unspecified atom stereocenters. The van der Waals surface area contributed by atoms with Crippen LogP contribution >= 0.6 is 11.6 Å². The summed E-state index contributed by atoms with van der Waals surface area (Å²) in [5, 5.41) is 0.240. The van der Waals surface area contributed by atoms with Gasteiger partial charge in [0.15, 0.2) is 5.75 Å². The molecule has 0 atom stereocenters. The van der Waals surface area contributed by atoms with Crippen LogP contribution in [-0.4, -0.2) is 11.9 Å². The monoisotopic (exact) mass is 352 g/mol. The Balaban J connectivity index is 1.76. The number of rotatable bonds is 4. The number of carbonyl (C=O) groups excluding carboxylic acids is 2. The van der Waals surface area contributed by atoms with E-state index in [0.717, 1.165) is 0 Å². The number of benzene rings is 3. The predicted octanol–water partition coefficient (Wildman–Crippen LogP) is 4.78. The van der Waals surface area contributed by atoms with Crippen LogP contribution in [0.2, 0.25) is 5.02 Å². The van der Waals surface area contributed by atoms with Gasteiger partial charge in [-0.1, -0.05) is 48.0 Å². The molecule has 0 heterocycles. The lowest BCUT2D eigenvalue weighted by molar-refractivity contribution is 0.0733. The van der Waals surface area contributed by atoms with E-state index in [1.165, 1.54) is 18.2 Å². The highest BCUT2D eigenvalue weighted by Gasteiger charge is 2.14. The molecule has 0 saturated carbocycles. The minimum atomic E-state index is -0.547. The lowest BCUT2D eigenvalue weighted by Crippen LogP contribution is -2.10. The maximum Gasteiger partial charge on any atom is 0.343 e. The van der Waals surface area contributed by atoms with Gasteiger partial charge in [0, 0.05) is 6.07 Å². The Labute approximate surface area is 149 Å². The van der Waals surface area contributed by atoms with Crippen molar-refractivity contribution in [2.24, 2.45) is 0 Å². The molecule has 0 aliphatic carbocycles. The van der Waals surface area contributed by atoms with E-state index in [1.807, 2.05) is 0 Å². The van der Waals surface area contributed by atoms with Gasteiger partial charge in [0.2, 0.25) is 0 Å². The molecule has 0 amide bonds. The predicted molar refractivity (Wildman–Crippen MR) is 94.3 cm³/mol. The number of hydrogen-bond acceptors (Lipinski definition) is 4. The Hall–Kier alpha value is -3.11. The molecule has 5 heteroatoms. The number of hydrogen-bond donors (Lipinski definition) is 0. The second-order valence-electron chi connectivity index (χ2n) is 5.10. The van der Waals surface area contributed by atoms with Crippen molar-refractivity contribution in [3.63, 3.8) is 0 Å². The van der Waals surface area contributed by atoms with Crippen molar-refractivity contribution >= 4 is 23.5 Å². The standard InChI is InChI=1S/C20H13ClO4/c21-17-12-11-16(24-19(22)14-7-3-1-4-8-14)13-18(17)25-20(23)15-9-5-2-6-10-15/h1-13H. The van der Waals surface area contributed by atoms with Crippen LogP contribution < -0.4 is 9.47 Å². The van der Waals surface area contributed by atoms with E-state index in [0.29, 0.717) is 11.1 Å². The van der Waals surface area contributed by atoms with Gasteiger partial charge in [-0.2, -0.15) is 0 Å². The number of carbonyl (C=O) groups is 2. The van der Waals surface area contributed by atoms with Crippen molar-refractivity contribution in [2.45, 2.75) is 0 Å². The molecule has 4 nitrogen and oxygen atoms in total. The molecule has 0 aliphatic rings. The highest BCUT2D eigenvalue weighted by Crippen LogP contribution is 2.30. The summed E-state index contributed by atoms with van der Waals surface area (Å²) in [6, 6.07) is 21.6. The number of esters is 2. The quantitative estimate of drug-likeness (QED) is 0.501. The molecule has 3 rings (SSSR count). The summed E-state index contributed by atoms with van der Waals surface area (Å²) in [4.78, 5) is 24.2. The van der Waals surface area contributed by atoms with Crippen LogP contribution in [0.1, 0.15) is 20.7 Å². The van der Waals surface area contributed by atoms with Crippen molar-refractivity contribution in [3.8, 4) is 11.5 Å². The van der Waals surface area contributed by atoms with Crippen molar-refractivity contribution < 1.29 is 19.1 Å². The minimum Gasteiger partial charge on any atom is -0.423 e. The molecule has 0 saturated heterocycles. The summed E-state index contributed by atoms with van der Waals surface area (Å²) >= 11 is 6.06. The van der Waals surface area contributed by atoms with Crippen molar-refractivity contribution in [3.05, 3.63) is 95.0 Å². The van der Waals surface area contributed by atoms with Crippen LogP contribution in [0.25, 0.3) is 0 Å². The first-order valence-corrected chi connectivity index (χ1v) is 7.85. The normalized spacial score (nSPS) is 10.1. The average Bonchev–Trinajstić information content (AvgIpc) is 2.66. The van der Waals surface area contributed by atoms with Crippen molar-refractivity contribution in [1.82, 2.24) is 0 Å². The number of halogens is 1. The van der Waals surface area contributed by atoms with Gasteiger partial charge in [-0.05, 0) is 36.4 Å². The van der Waals surface area contributed by atoms with E-state index in [1.54, 1.807) is 60.7 Å². The SMILES string of the molecule is O=C(Oc1ccc(Cl)c(OC(=O)c2ccccc2)c1)c1ccccc1.